The molecule has 1 fully saturated rings. The van der Waals surface area contributed by atoms with Gasteiger partial charge in [0, 0.05) is 30.9 Å². The first-order chi connectivity index (χ1) is 15.9. The summed E-state index contributed by atoms with van der Waals surface area (Å²) in [4.78, 5) is 1.80. The summed E-state index contributed by atoms with van der Waals surface area (Å²) in [6.07, 6.45) is -1.83. The van der Waals surface area contributed by atoms with Gasteiger partial charge in [-0.15, -0.1) is 0 Å². The van der Waals surface area contributed by atoms with Crippen LogP contribution < -0.4 is 5.32 Å². The zero-order chi connectivity index (χ0) is 23.4. The Balaban J connectivity index is 1.37. The number of likely N-dealkylation sites (tertiary alicyclic amines) is 1. The van der Waals surface area contributed by atoms with Crippen molar-refractivity contribution >= 4 is 11.4 Å². The second-order valence-corrected chi connectivity index (χ2v) is 8.69. The van der Waals surface area contributed by atoms with Crippen LogP contribution in [0.25, 0.3) is 5.76 Å². The molecule has 8 nitrogen and oxygen atoms in total. The number of nitrogens with one attached hydrogen (secondary N) is 1. The lowest BCUT2D eigenvalue weighted by Crippen LogP contribution is -2.62. The highest BCUT2D eigenvalue weighted by molar-refractivity contribution is 5.65. The first-order valence-corrected chi connectivity index (χ1v) is 11.2. The molecule has 178 valence electrons. The van der Waals surface area contributed by atoms with Crippen molar-refractivity contribution < 1.29 is 29.9 Å². The SMILES string of the molecule is Cc1cc(NCc2ccc(CN3C[C@H](O)[C@@H](O)[C@H](O)[C@H]3CO)cc2)cc(C2=COCCO2)c1. The van der Waals surface area contributed by atoms with E-state index < -0.39 is 24.4 Å². The highest BCUT2D eigenvalue weighted by Gasteiger charge is 2.40. The second kappa shape index (κ2) is 10.5. The van der Waals surface area contributed by atoms with E-state index in [2.05, 4.69) is 17.4 Å². The molecule has 5 N–H and O–H groups in total. The summed E-state index contributed by atoms with van der Waals surface area (Å²) in [6, 6.07) is 13.6. The zero-order valence-electron chi connectivity index (χ0n) is 18.7. The van der Waals surface area contributed by atoms with E-state index in [1.54, 1.807) is 11.2 Å². The van der Waals surface area contributed by atoms with Crippen molar-refractivity contribution in [3.05, 3.63) is 71.0 Å². The minimum atomic E-state index is -1.25. The van der Waals surface area contributed by atoms with Gasteiger partial charge in [0.1, 0.15) is 31.7 Å². The number of ether oxygens (including phenoxy) is 2. The second-order valence-electron chi connectivity index (χ2n) is 8.69. The van der Waals surface area contributed by atoms with E-state index in [0.717, 1.165) is 33.7 Å². The van der Waals surface area contributed by atoms with Crippen molar-refractivity contribution in [3.63, 3.8) is 0 Å². The summed E-state index contributed by atoms with van der Waals surface area (Å²) in [5, 5.41) is 43.1. The van der Waals surface area contributed by atoms with E-state index in [4.69, 9.17) is 9.47 Å². The number of aryl methyl sites for hydroxylation is 1. The Morgan fingerprint density at radius 1 is 1.00 bits per heavy atom. The van der Waals surface area contributed by atoms with Crippen LogP contribution in [-0.4, -0.2) is 76.0 Å². The van der Waals surface area contributed by atoms with Crippen molar-refractivity contribution in [1.82, 2.24) is 4.90 Å². The van der Waals surface area contributed by atoms with Gasteiger partial charge in [-0.1, -0.05) is 24.3 Å². The van der Waals surface area contributed by atoms with Crippen LogP contribution in [0.5, 0.6) is 0 Å². The number of aliphatic hydroxyl groups excluding tert-OH is 4. The fourth-order valence-electron chi connectivity index (χ4n) is 4.31. The summed E-state index contributed by atoms with van der Waals surface area (Å²) in [6.45, 7) is 4.15. The van der Waals surface area contributed by atoms with Gasteiger partial charge >= 0.3 is 0 Å². The predicted molar refractivity (Wildman–Crippen MR) is 124 cm³/mol. The van der Waals surface area contributed by atoms with Crippen molar-refractivity contribution in [3.8, 4) is 0 Å². The van der Waals surface area contributed by atoms with Gasteiger partial charge in [0.15, 0.2) is 5.76 Å². The number of β-amino-alcohol motifs (C(OH)–C–C–N with tert-alkyl or cyclic N) is 1. The smallest absolute Gasteiger partial charge is 0.161 e. The third kappa shape index (κ3) is 5.66. The van der Waals surface area contributed by atoms with Gasteiger partial charge in [-0.05, 0) is 41.8 Å². The molecule has 2 aromatic rings. The normalized spacial score (nSPS) is 25.7. The van der Waals surface area contributed by atoms with Gasteiger partial charge in [0.05, 0.1) is 18.8 Å². The number of rotatable bonds is 7. The van der Waals surface area contributed by atoms with Crippen molar-refractivity contribution in [2.75, 3.05) is 31.7 Å². The van der Waals surface area contributed by atoms with Gasteiger partial charge in [-0.2, -0.15) is 0 Å². The van der Waals surface area contributed by atoms with E-state index in [9.17, 15) is 20.4 Å². The monoisotopic (exact) mass is 456 g/mol. The topological polar surface area (TPSA) is 115 Å². The molecule has 2 aliphatic rings. The molecule has 0 unspecified atom stereocenters. The molecular weight excluding hydrogens is 424 g/mol. The summed E-state index contributed by atoms with van der Waals surface area (Å²) in [7, 11) is 0. The largest absolute Gasteiger partial charge is 0.494 e. The van der Waals surface area contributed by atoms with Crippen molar-refractivity contribution in [1.29, 1.82) is 0 Å². The third-order valence-electron chi connectivity index (χ3n) is 6.13. The quantitative estimate of drug-likeness (QED) is 0.423. The fourth-order valence-corrected chi connectivity index (χ4v) is 4.31. The fraction of sp³-hybridized carbons (Fsp3) is 0.440. The minimum absolute atomic E-state index is 0.188. The van der Waals surface area contributed by atoms with Gasteiger partial charge < -0.3 is 35.2 Å². The van der Waals surface area contributed by atoms with Gasteiger partial charge in [-0.3, -0.25) is 4.90 Å². The Labute approximate surface area is 193 Å². The van der Waals surface area contributed by atoms with Crippen molar-refractivity contribution in [2.45, 2.75) is 44.4 Å². The Bertz CT molecular complexity index is 964. The average molecular weight is 457 g/mol. The molecule has 0 amide bonds. The van der Waals surface area contributed by atoms with Crippen LogP contribution in [0.15, 0.2) is 48.7 Å². The Kier molecular flexibility index (Phi) is 7.52. The molecule has 33 heavy (non-hydrogen) atoms. The molecule has 2 heterocycles. The molecule has 0 bridgehead atoms. The standard InChI is InChI=1S/C25H32N2O6/c1-16-8-19(23-15-32-6-7-33-23)10-20(9-16)26-11-17-2-4-18(5-3-17)12-27-13-22(29)25(31)24(30)21(27)14-28/h2-5,8-10,15,21-22,24-26,28-31H,6-7,11-14H2,1H3/t21-,22+,24-,25-/m1/s1. The minimum Gasteiger partial charge on any atom is -0.494 e. The summed E-state index contributed by atoms with van der Waals surface area (Å²) in [5.41, 5.74) is 5.18. The summed E-state index contributed by atoms with van der Waals surface area (Å²) >= 11 is 0. The van der Waals surface area contributed by atoms with Crippen LogP contribution in [0.1, 0.15) is 22.3 Å². The van der Waals surface area contributed by atoms with Gasteiger partial charge in [0.2, 0.25) is 0 Å². The van der Waals surface area contributed by atoms with Crippen LogP contribution in [0.3, 0.4) is 0 Å². The van der Waals surface area contributed by atoms with Gasteiger partial charge in [-0.25, -0.2) is 0 Å². The maximum absolute atomic E-state index is 10.2. The molecule has 2 aliphatic heterocycles. The Hall–Kier alpha value is -2.62. The van der Waals surface area contributed by atoms with Crippen molar-refractivity contribution in [2.24, 2.45) is 0 Å². The molecule has 0 aliphatic carbocycles. The molecule has 8 heteroatoms. The molecule has 2 aromatic carbocycles. The first kappa shape index (κ1) is 23.5. The molecule has 4 rings (SSSR count). The lowest BCUT2D eigenvalue weighted by molar-refractivity contribution is -0.147. The molecule has 1 saturated heterocycles. The lowest BCUT2D eigenvalue weighted by Gasteiger charge is -2.43. The van der Waals surface area contributed by atoms with Gasteiger partial charge in [0.25, 0.3) is 0 Å². The van der Waals surface area contributed by atoms with Crippen LogP contribution in [0.2, 0.25) is 0 Å². The van der Waals surface area contributed by atoms with E-state index in [0.29, 0.717) is 26.3 Å². The van der Waals surface area contributed by atoms with E-state index in [1.165, 1.54) is 0 Å². The molecule has 4 atom stereocenters. The predicted octanol–water partition coefficient (Wildman–Crippen LogP) is 1.21. The highest BCUT2D eigenvalue weighted by Crippen LogP contribution is 2.25. The summed E-state index contributed by atoms with van der Waals surface area (Å²) < 4.78 is 11.1. The molecule has 0 aromatic heterocycles. The Morgan fingerprint density at radius 3 is 2.45 bits per heavy atom. The molecule has 0 radical (unpaired) electrons. The number of anilines is 1. The number of piperidine rings is 1. The first-order valence-electron chi connectivity index (χ1n) is 11.2. The molecular formula is C25H32N2O6. The van der Waals surface area contributed by atoms with E-state index >= 15 is 0 Å². The summed E-state index contributed by atoms with van der Waals surface area (Å²) in [5.74, 6) is 0.735. The number of aliphatic hydroxyl groups is 4. The molecule has 0 spiro atoms. The number of hydrogen-bond acceptors (Lipinski definition) is 8. The third-order valence-corrected chi connectivity index (χ3v) is 6.13. The van der Waals surface area contributed by atoms with Crippen LogP contribution >= 0.6 is 0 Å². The lowest BCUT2D eigenvalue weighted by atomic mass is 9.93. The highest BCUT2D eigenvalue weighted by atomic mass is 16.6. The number of nitrogens with zero attached hydrogens (tertiary/aromatic N) is 1. The van der Waals surface area contributed by atoms with Crippen LogP contribution in [0, 0.1) is 6.92 Å². The zero-order valence-corrected chi connectivity index (χ0v) is 18.7. The number of hydrogen-bond donors (Lipinski definition) is 5. The van der Waals surface area contributed by atoms with Crippen LogP contribution in [0.4, 0.5) is 5.69 Å². The van der Waals surface area contributed by atoms with E-state index in [-0.39, 0.29) is 13.2 Å². The maximum atomic E-state index is 10.2. The molecule has 0 saturated carbocycles. The maximum Gasteiger partial charge on any atom is 0.161 e. The van der Waals surface area contributed by atoms with Crippen LogP contribution in [-0.2, 0) is 22.6 Å². The number of benzene rings is 2. The van der Waals surface area contributed by atoms with E-state index in [1.807, 2.05) is 37.3 Å². The Morgan fingerprint density at radius 2 is 1.76 bits per heavy atom. The average Bonchev–Trinajstić information content (AvgIpc) is 2.83.